The topological polar surface area (TPSA) is 84.2 Å². The van der Waals surface area contributed by atoms with Gasteiger partial charge >= 0.3 is 5.97 Å². The highest BCUT2D eigenvalue weighted by Gasteiger charge is 2.72. The molecule has 0 aromatic heterocycles. The predicted octanol–water partition coefficient (Wildman–Crippen LogP) is 8.27. The number of allylic oxidation sites excluding steroid dienone is 2. The van der Waals surface area contributed by atoms with Crippen LogP contribution in [-0.2, 0) is 19.1 Å². The van der Waals surface area contributed by atoms with Crippen LogP contribution in [0.2, 0.25) is 0 Å². The molecule has 0 spiro atoms. The molecule has 5 aliphatic carbocycles. The summed E-state index contributed by atoms with van der Waals surface area (Å²) in [6, 6.07) is 2.23. The number of rotatable bonds is 4. The summed E-state index contributed by atoms with van der Waals surface area (Å²) < 4.78 is 6.17. The highest BCUT2D eigenvalue weighted by atomic mass is 16.5. The van der Waals surface area contributed by atoms with Crippen molar-refractivity contribution >= 4 is 17.5 Å². The van der Waals surface area contributed by atoms with Crippen molar-refractivity contribution in [1.82, 2.24) is 0 Å². The van der Waals surface area contributed by atoms with Gasteiger partial charge in [-0.1, -0.05) is 61.5 Å². The summed E-state index contributed by atoms with van der Waals surface area (Å²) in [5.74, 6) is 0.494. The highest BCUT2D eigenvalue weighted by Crippen LogP contribution is 2.75. The van der Waals surface area contributed by atoms with Crippen LogP contribution in [0.3, 0.4) is 0 Å². The van der Waals surface area contributed by atoms with E-state index in [9.17, 15) is 19.6 Å². The lowest BCUT2D eigenvalue weighted by atomic mass is 9.31. The fourth-order valence-electron chi connectivity index (χ4n) is 11.2. The molecule has 0 radical (unpaired) electrons. The number of carbonyl (C=O) groups is 3. The minimum absolute atomic E-state index is 0.0463. The van der Waals surface area contributed by atoms with Gasteiger partial charge in [-0.15, -0.1) is 0 Å². The lowest BCUT2D eigenvalue weighted by Crippen LogP contribution is -2.69. The first-order valence-electron chi connectivity index (χ1n) is 16.6. The summed E-state index contributed by atoms with van der Waals surface area (Å²) in [5.41, 5.74) is -1.56. The molecule has 232 valence electrons. The smallest absolute Gasteiger partial charge is 0.311 e. The Hall–Kier alpha value is -1.96. The van der Waals surface area contributed by atoms with Gasteiger partial charge in [-0.25, -0.2) is 0 Å². The summed E-state index contributed by atoms with van der Waals surface area (Å²) in [5, 5.41) is 9.97. The predicted molar refractivity (Wildman–Crippen MR) is 164 cm³/mol. The van der Waals surface area contributed by atoms with E-state index in [2.05, 4.69) is 40.7 Å². The molecule has 4 fully saturated rings. The Labute approximate surface area is 254 Å². The van der Waals surface area contributed by atoms with E-state index in [1.807, 2.05) is 40.7 Å². The molecule has 5 heteroatoms. The summed E-state index contributed by atoms with van der Waals surface area (Å²) >= 11 is 0. The van der Waals surface area contributed by atoms with Gasteiger partial charge in [-0.2, -0.15) is 5.26 Å². The lowest BCUT2D eigenvalue weighted by molar-refractivity contribution is -0.228. The summed E-state index contributed by atoms with van der Waals surface area (Å²) in [4.78, 5) is 41.2. The number of fused-ring (bicyclic) bond motifs is 7. The number of nitrogens with zero attached hydrogens (tertiary/aromatic N) is 1. The maximum Gasteiger partial charge on any atom is 0.311 e. The normalized spacial score (nSPS) is 44.0. The van der Waals surface area contributed by atoms with E-state index < -0.39 is 10.8 Å². The zero-order chi connectivity index (χ0) is 31.3. The van der Waals surface area contributed by atoms with Crippen LogP contribution in [-0.4, -0.2) is 24.1 Å². The van der Waals surface area contributed by atoms with Crippen molar-refractivity contribution in [3.05, 3.63) is 11.6 Å². The van der Waals surface area contributed by atoms with Crippen molar-refractivity contribution in [2.75, 3.05) is 6.61 Å². The first kappa shape index (κ1) is 31.5. The molecule has 0 amide bonds. The van der Waals surface area contributed by atoms with Crippen LogP contribution in [0.4, 0.5) is 0 Å². The number of hydrogen-bond donors (Lipinski definition) is 0. The van der Waals surface area contributed by atoms with Gasteiger partial charge < -0.3 is 4.74 Å². The van der Waals surface area contributed by atoms with Crippen molar-refractivity contribution in [1.29, 1.82) is 5.26 Å². The number of hydrogen-bond acceptors (Lipinski definition) is 5. The molecule has 42 heavy (non-hydrogen) atoms. The van der Waals surface area contributed by atoms with Gasteiger partial charge in [0.15, 0.2) is 5.78 Å². The number of ketones is 2. The van der Waals surface area contributed by atoms with Crippen molar-refractivity contribution in [2.24, 2.45) is 61.6 Å². The molecule has 0 aliphatic heterocycles. The summed E-state index contributed by atoms with van der Waals surface area (Å²) in [6.07, 6.45) is 10.1. The van der Waals surface area contributed by atoms with E-state index in [1.165, 1.54) is 0 Å². The zero-order valence-electron chi connectivity index (χ0n) is 28.0. The monoisotopic (exact) mass is 577 g/mol. The molecule has 8 atom stereocenters. The Balaban J connectivity index is 1.56. The second-order valence-corrected chi connectivity index (χ2v) is 17.9. The Morgan fingerprint density at radius 2 is 1.62 bits per heavy atom. The third kappa shape index (κ3) is 4.16. The number of esters is 1. The molecular formula is C37H55NO4. The Morgan fingerprint density at radius 3 is 2.24 bits per heavy atom. The average molecular weight is 578 g/mol. The highest BCUT2D eigenvalue weighted by molar-refractivity contribution is 6.04. The Kier molecular flexibility index (Phi) is 7.13. The molecule has 5 rings (SSSR count). The van der Waals surface area contributed by atoms with Gasteiger partial charge in [-0.3, -0.25) is 14.4 Å². The van der Waals surface area contributed by atoms with Crippen LogP contribution >= 0.6 is 0 Å². The SMILES string of the molecule is CCC(C)(C)C(=O)OCC12CCC(C)(C)CC1C1C(=O)CC3C4(C)C=C(C#N)C(=O)C(C)(C)C4CCC3(C)C1(C)CC2. The molecule has 0 N–H and O–H groups in total. The van der Waals surface area contributed by atoms with Crippen LogP contribution in [0.1, 0.15) is 127 Å². The first-order valence-corrected chi connectivity index (χ1v) is 16.6. The van der Waals surface area contributed by atoms with Gasteiger partial charge in [0.1, 0.15) is 11.9 Å². The molecule has 0 aromatic carbocycles. The molecule has 0 saturated heterocycles. The summed E-state index contributed by atoms with van der Waals surface area (Å²) in [6.45, 7) is 22.2. The number of Topliss-reactive ketones (excluding diaryl/α,β-unsaturated/α-hetero) is 2. The Bertz CT molecular complexity index is 1270. The van der Waals surface area contributed by atoms with Gasteiger partial charge in [0, 0.05) is 23.2 Å². The maximum atomic E-state index is 14.7. The van der Waals surface area contributed by atoms with Crippen molar-refractivity contribution in [3.8, 4) is 6.07 Å². The standard InChI is InChI=1S/C37H55NO4/c1-11-32(4,5)30(41)42-22-37-16-14-31(2,3)20-24(37)28-25(39)18-27-34(8)19-23(21-38)29(40)33(6,7)26(34)12-13-35(27,9)36(28,10)15-17-37/h19,24,26-28H,11-18,20,22H2,1-10H3. The van der Waals surface area contributed by atoms with Crippen molar-refractivity contribution in [3.63, 3.8) is 0 Å². The largest absolute Gasteiger partial charge is 0.465 e. The molecule has 4 saturated carbocycles. The lowest BCUT2D eigenvalue weighted by Gasteiger charge is -2.72. The summed E-state index contributed by atoms with van der Waals surface area (Å²) in [7, 11) is 0. The minimum atomic E-state index is -0.623. The van der Waals surface area contributed by atoms with Gasteiger partial charge in [0.2, 0.25) is 0 Å². The average Bonchev–Trinajstić information content (AvgIpc) is 2.91. The number of nitriles is 1. The molecule has 0 bridgehead atoms. The second-order valence-electron chi connectivity index (χ2n) is 17.9. The van der Waals surface area contributed by atoms with Crippen LogP contribution in [0.5, 0.6) is 0 Å². The molecule has 8 unspecified atom stereocenters. The van der Waals surface area contributed by atoms with Crippen molar-refractivity contribution < 1.29 is 19.1 Å². The van der Waals surface area contributed by atoms with Gasteiger partial charge in [0.05, 0.1) is 17.6 Å². The number of ether oxygens (including phenoxy) is 1. The molecule has 5 aliphatic rings. The Morgan fingerprint density at radius 1 is 0.976 bits per heavy atom. The molecule has 0 aromatic rings. The van der Waals surface area contributed by atoms with E-state index in [1.54, 1.807) is 0 Å². The van der Waals surface area contributed by atoms with E-state index in [0.29, 0.717) is 18.8 Å². The van der Waals surface area contributed by atoms with Crippen LogP contribution < -0.4 is 0 Å². The molecule has 5 nitrogen and oxygen atoms in total. The third-order valence-electron chi connectivity index (χ3n) is 14.6. The molecule has 0 heterocycles. The van der Waals surface area contributed by atoms with Crippen LogP contribution in [0.25, 0.3) is 0 Å². The second kappa shape index (κ2) is 9.52. The van der Waals surface area contributed by atoms with Crippen LogP contribution in [0.15, 0.2) is 11.6 Å². The maximum absolute atomic E-state index is 14.7. The quantitative estimate of drug-likeness (QED) is 0.314. The van der Waals surface area contributed by atoms with E-state index in [0.717, 1.165) is 51.4 Å². The van der Waals surface area contributed by atoms with Gasteiger partial charge in [-0.05, 0) is 105 Å². The number of carbonyl (C=O) groups excluding carboxylic acids is 3. The molecular weight excluding hydrogens is 522 g/mol. The van der Waals surface area contributed by atoms with Gasteiger partial charge in [0.25, 0.3) is 0 Å². The van der Waals surface area contributed by atoms with Crippen LogP contribution in [0, 0.1) is 72.9 Å². The fraction of sp³-hybridized carbons (Fsp3) is 0.838. The minimum Gasteiger partial charge on any atom is -0.465 e. The van der Waals surface area contributed by atoms with E-state index >= 15 is 0 Å². The van der Waals surface area contributed by atoms with Crippen molar-refractivity contribution in [2.45, 2.75) is 127 Å². The first-order chi connectivity index (χ1) is 19.2. The van der Waals surface area contributed by atoms with E-state index in [4.69, 9.17) is 4.74 Å². The third-order valence-corrected chi connectivity index (χ3v) is 14.6. The van der Waals surface area contributed by atoms with E-state index in [-0.39, 0.29) is 68.1 Å². The fourth-order valence-corrected chi connectivity index (χ4v) is 11.2. The zero-order valence-corrected chi connectivity index (χ0v) is 28.0.